The number of amides is 3. The van der Waals surface area contributed by atoms with Crippen molar-refractivity contribution in [2.24, 2.45) is 5.73 Å². The topological polar surface area (TPSA) is 108 Å². The van der Waals surface area contributed by atoms with Crippen molar-refractivity contribution < 1.29 is 32.3 Å². The Morgan fingerprint density at radius 1 is 1.00 bits per heavy atom. The van der Waals surface area contributed by atoms with Crippen molar-refractivity contribution in [1.82, 2.24) is 14.7 Å². The molecule has 228 valence electrons. The maximum Gasteiger partial charge on any atom is 0.416 e. The third-order valence-corrected chi connectivity index (χ3v) is 7.33. The number of nitrogens with two attached hydrogens (primary N) is 1. The fourth-order valence-corrected chi connectivity index (χ4v) is 5.41. The molecule has 3 N–H and O–H groups in total. The second kappa shape index (κ2) is 12.3. The van der Waals surface area contributed by atoms with Gasteiger partial charge in [-0.05, 0) is 67.6 Å². The summed E-state index contributed by atoms with van der Waals surface area (Å²) in [7, 11) is 0. The number of benzene rings is 2. The van der Waals surface area contributed by atoms with Crippen molar-refractivity contribution in [1.29, 1.82) is 0 Å². The molecule has 0 radical (unpaired) electrons. The van der Waals surface area contributed by atoms with Gasteiger partial charge in [-0.15, -0.1) is 0 Å². The predicted molar refractivity (Wildman–Crippen MR) is 152 cm³/mol. The van der Waals surface area contributed by atoms with Gasteiger partial charge in [-0.25, -0.2) is 4.79 Å². The van der Waals surface area contributed by atoms with E-state index in [0.29, 0.717) is 44.8 Å². The maximum atomic E-state index is 14.1. The lowest BCUT2D eigenvalue weighted by Gasteiger charge is -2.36. The van der Waals surface area contributed by atoms with Crippen molar-refractivity contribution in [3.05, 3.63) is 64.2 Å². The first-order chi connectivity index (χ1) is 19.6. The first kappa shape index (κ1) is 31.3. The molecule has 0 unspecified atom stereocenters. The number of nitrogens with one attached hydrogen (secondary N) is 1. The maximum absolute atomic E-state index is 14.1. The number of hydrogen-bond donors (Lipinski definition) is 2. The highest BCUT2D eigenvalue weighted by Gasteiger charge is 2.35. The molecule has 2 aliphatic heterocycles. The molecular weight excluding hydrogens is 551 g/mol. The number of alkyl halides is 3. The van der Waals surface area contributed by atoms with Gasteiger partial charge in [0.1, 0.15) is 5.60 Å². The average Bonchev–Trinajstić information content (AvgIpc) is 2.87. The molecule has 0 aliphatic carbocycles. The molecule has 0 spiro atoms. The predicted octanol–water partition coefficient (Wildman–Crippen LogP) is 4.41. The SMILES string of the molecule is C[C@H]1CN(CC(N)=O)Cc2cc(C(=O)Nc3ccc(CN4CCN(C(=O)OC(C)(C)C)CC4)c(C(F)(F)F)c3)ccc21. The van der Waals surface area contributed by atoms with E-state index in [-0.39, 0.29) is 30.3 Å². The number of nitrogens with zero attached hydrogens (tertiary/aromatic N) is 3. The van der Waals surface area contributed by atoms with Gasteiger partial charge in [0, 0.05) is 57.1 Å². The van der Waals surface area contributed by atoms with Crippen LogP contribution in [0.1, 0.15) is 66.2 Å². The summed E-state index contributed by atoms with van der Waals surface area (Å²) in [5.41, 5.74) is 6.26. The van der Waals surface area contributed by atoms with E-state index in [4.69, 9.17) is 10.5 Å². The van der Waals surface area contributed by atoms with Crippen LogP contribution in [0.15, 0.2) is 36.4 Å². The first-order valence-corrected chi connectivity index (χ1v) is 13.9. The number of rotatable bonds is 6. The van der Waals surface area contributed by atoms with Gasteiger partial charge in [-0.1, -0.05) is 19.1 Å². The Hall–Kier alpha value is -3.64. The van der Waals surface area contributed by atoms with Gasteiger partial charge in [-0.2, -0.15) is 13.2 Å². The lowest BCUT2D eigenvalue weighted by atomic mass is 9.89. The summed E-state index contributed by atoms with van der Waals surface area (Å²) in [4.78, 5) is 42.1. The van der Waals surface area contributed by atoms with Crippen molar-refractivity contribution in [3.8, 4) is 0 Å². The first-order valence-electron chi connectivity index (χ1n) is 13.9. The van der Waals surface area contributed by atoms with Crippen molar-refractivity contribution in [3.63, 3.8) is 0 Å². The highest BCUT2D eigenvalue weighted by molar-refractivity contribution is 6.04. The van der Waals surface area contributed by atoms with Crippen LogP contribution in [0.2, 0.25) is 0 Å². The molecule has 3 amide bonds. The van der Waals surface area contributed by atoms with E-state index >= 15 is 0 Å². The highest BCUT2D eigenvalue weighted by Crippen LogP contribution is 2.35. The molecule has 0 aromatic heterocycles. The quantitative estimate of drug-likeness (QED) is 0.517. The summed E-state index contributed by atoms with van der Waals surface area (Å²) in [6.07, 6.45) is -5.06. The smallest absolute Gasteiger partial charge is 0.416 e. The molecule has 0 saturated carbocycles. The Labute approximate surface area is 243 Å². The second-order valence-electron chi connectivity index (χ2n) is 12.0. The Balaban J connectivity index is 1.44. The lowest BCUT2D eigenvalue weighted by molar-refractivity contribution is -0.138. The van der Waals surface area contributed by atoms with Crippen LogP contribution in [0.25, 0.3) is 0 Å². The number of ether oxygens (including phenoxy) is 1. The minimum atomic E-state index is -4.62. The summed E-state index contributed by atoms with van der Waals surface area (Å²) in [5, 5.41) is 2.60. The van der Waals surface area contributed by atoms with Crippen LogP contribution in [0, 0.1) is 0 Å². The van der Waals surface area contributed by atoms with Crippen LogP contribution in [0.3, 0.4) is 0 Å². The zero-order valence-electron chi connectivity index (χ0n) is 24.4. The van der Waals surface area contributed by atoms with Gasteiger partial charge >= 0.3 is 12.3 Å². The fourth-order valence-electron chi connectivity index (χ4n) is 5.41. The number of hydrogen-bond acceptors (Lipinski definition) is 6. The summed E-state index contributed by atoms with van der Waals surface area (Å²) < 4.78 is 47.6. The van der Waals surface area contributed by atoms with Gasteiger partial charge in [0.15, 0.2) is 0 Å². The summed E-state index contributed by atoms with van der Waals surface area (Å²) in [5.74, 6) is -0.837. The Bertz CT molecular complexity index is 1330. The average molecular weight is 590 g/mol. The Kier molecular flexibility index (Phi) is 9.17. The normalized spacial score (nSPS) is 18.4. The zero-order chi connectivity index (χ0) is 30.8. The van der Waals surface area contributed by atoms with Crippen molar-refractivity contribution in [2.75, 3.05) is 44.6 Å². The number of carbonyl (C=O) groups is 3. The van der Waals surface area contributed by atoms with E-state index < -0.39 is 35.2 Å². The Morgan fingerprint density at radius 3 is 2.31 bits per heavy atom. The highest BCUT2D eigenvalue weighted by atomic mass is 19.4. The van der Waals surface area contributed by atoms with Crippen LogP contribution in [-0.2, 0) is 28.8 Å². The van der Waals surface area contributed by atoms with Crippen molar-refractivity contribution >= 4 is 23.6 Å². The largest absolute Gasteiger partial charge is 0.444 e. The van der Waals surface area contributed by atoms with Crippen LogP contribution in [-0.4, -0.2) is 77.5 Å². The number of piperazine rings is 1. The number of primary amides is 1. The van der Waals surface area contributed by atoms with E-state index in [9.17, 15) is 27.6 Å². The molecular formula is C30H38F3N5O4. The van der Waals surface area contributed by atoms with E-state index in [0.717, 1.165) is 17.2 Å². The molecule has 12 heteroatoms. The standard InChI is InChI=1S/C30H38F3N5O4/c1-19-15-37(18-26(34)39)17-22-13-20(6-8-24(19)22)27(40)35-23-7-5-21(25(14-23)30(31,32)33)16-36-9-11-38(12-10-36)28(41)42-29(2,3)4/h5-8,13-14,19H,9-12,15-18H2,1-4H3,(H2,34,39)(H,35,40)/t19-/m0/s1. The molecule has 2 aromatic carbocycles. The molecule has 2 heterocycles. The second-order valence-corrected chi connectivity index (χ2v) is 12.0. The van der Waals surface area contributed by atoms with Crippen LogP contribution >= 0.6 is 0 Å². The van der Waals surface area contributed by atoms with Crippen molar-refractivity contribution in [2.45, 2.75) is 58.5 Å². The molecule has 0 bridgehead atoms. The Morgan fingerprint density at radius 2 is 1.69 bits per heavy atom. The van der Waals surface area contributed by atoms with E-state index in [1.165, 1.54) is 12.1 Å². The molecule has 1 saturated heterocycles. The summed E-state index contributed by atoms with van der Waals surface area (Å²) in [6.45, 7) is 10.1. The molecule has 1 atom stereocenters. The van der Waals surface area contributed by atoms with Gasteiger partial charge in [0.05, 0.1) is 12.1 Å². The monoisotopic (exact) mass is 589 g/mol. The lowest BCUT2D eigenvalue weighted by Crippen LogP contribution is -2.49. The van der Waals surface area contributed by atoms with E-state index in [1.807, 2.05) is 22.8 Å². The number of fused-ring (bicyclic) bond motifs is 1. The van der Waals surface area contributed by atoms with Gasteiger partial charge in [-0.3, -0.25) is 19.4 Å². The third-order valence-electron chi connectivity index (χ3n) is 7.33. The van der Waals surface area contributed by atoms with Gasteiger partial charge in [0.25, 0.3) is 5.91 Å². The van der Waals surface area contributed by atoms with Gasteiger partial charge < -0.3 is 20.7 Å². The molecule has 1 fully saturated rings. The summed E-state index contributed by atoms with van der Waals surface area (Å²) >= 11 is 0. The minimum absolute atomic E-state index is 0.0345. The molecule has 4 rings (SSSR count). The third kappa shape index (κ3) is 8.01. The number of halogens is 3. The van der Waals surface area contributed by atoms with Crippen LogP contribution in [0.4, 0.5) is 23.7 Å². The number of anilines is 1. The van der Waals surface area contributed by atoms with E-state index in [1.54, 1.807) is 37.8 Å². The molecule has 42 heavy (non-hydrogen) atoms. The summed E-state index contributed by atoms with van der Waals surface area (Å²) in [6, 6.07) is 9.03. The molecule has 2 aromatic rings. The minimum Gasteiger partial charge on any atom is -0.444 e. The van der Waals surface area contributed by atoms with Crippen LogP contribution < -0.4 is 11.1 Å². The van der Waals surface area contributed by atoms with Crippen LogP contribution in [0.5, 0.6) is 0 Å². The van der Waals surface area contributed by atoms with Gasteiger partial charge in [0.2, 0.25) is 5.91 Å². The molecule has 2 aliphatic rings. The fraction of sp³-hybridized carbons (Fsp3) is 0.500. The molecule has 9 nitrogen and oxygen atoms in total. The number of carbonyl (C=O) groups excluding carboxylic acids is 3. The zero-order valence-corrected chi connectivity index (χ0v) is 24.4. The van der Waals surface area contributed by atoms with E-state index in [2.05, 4.69) is 5.32 Å².